The van der Waals surface area contributed by atoms with E-state index < -0.39 is 0 Å². The SMILES string of the molecule is COc1cc(Br)c(/C=C/C(=O)c2cc(C)sc2C)cc1O. The molecule has 0 saturated heterocycles. The number of rotatable bonds is 4. The number of allylic oxidation sites excluding steroid dienone is 1. The zero-order valence-electron chi connectivity index (χ0n) is 11.9. The highest BCUT2D eigenvalue weighted by atomic mass is 79.9. The van der Waals surface area contributed by atoms with Crippen LogP contribution in [0, 0.1) is 13.8 Å². The summed E-state index contributed by atoms with van der Waals surface area (Å²) < 4.78 is 5.77. The van der Waals surface area contributed by atoms with Gasteiger partial charge in [0.15, 0.2) is 17.3 Å². The van der Waals surface area contributed by atoms with Crippen LogP contribution in [0.1, 0.15) is 25.7 Å². The molecule has 0 unspecified atom stereocenters. The lowest BCUT2D eigenvalue weighted by molar-refractivity contribution is 0.104. The van der Waals surface area contributed by atoms with Crippen molar-refractivity contribution in [1.82, 2.24) is 0 Å². The molecule has 21 heavy (non-hydrogen) atoms. The van der Waals surface area contributed by atoms with E-state index in [1.165, 1.54) is 13.2 Å². The van der Waals surface area contributed by atoms with Crippen LogP contribution in [-0.4, -0.2) is 18.0 Å². The van der Waals surface area contributed by atoms with E-state index in [0.717, 1.165) is 19.8 Å². The van der Waals surface area contributed by atoms with Gasteiger partial charge in [0, 0.05) is 19.8 Å². The van der Waals surface area contributed by atoms with E-state index >= 15 is 0 Å². The van der Waals surface area contributed by atoms with Crippen LogP contribution in [0.3, 0.4) is 0 Å². The summed E-state index contributed by atoms with van der Waals surface area (Å²) >= 11 is 5.00. The number of thiophene rings is 1. The smallest absolute Gasteiger partial charge is 0.186 e. The molecular weight excluding hydrogens is 352 g/mol. The predicted molar refractivity (Wildman–Crippen MR) is 89.5 cm³/mol. The number of benzene rings is 1. The molecule has 0 atom stereocenters. The molecule has 0 spiro atoms. The van der Waals surface area contributed by atoms with Gasteiger partial charge in [0.1, 0.15) is 0 Å². The summed E-state index contributed by atoms with van der Waals surface area (Å²) in [6.07, 6.45) is 3.19. The molecule has 2 rings (SSSR count). The maximum absolute atomic E-state index is 12.2. The Hall–Kier alpha value is -1.59. The summed E-state index contributed by atoms with van der Waals surface area (Å²) in [5, 5.41) is 9.78. The molecular formula is C16H15BrO3S. The number of halogens is 1. The molecule has 0 aliphatic rings. The van der Waals surface area contributed by atoms with Crippen molar-refractivity contribution in [3.63, 3.8) is 0 Å². The van der Waals surface area contributed by atoms with Gasteiger partial charge in [0.2, 0.25) is 0 Å². The number of ether oxygens (including phenoxy) is 1. The highest BCUT2D eigenvalue weighted by Gasteiger charge is 2.10. The maximum atomic E-state index is 12.2. The first-order chi connectivity index (χ1) is 9.92. The van der Waals surface area contributed by atoms with Crippen LogP contribution in [0.15, 0.2) is 28.7 Å². The predicted octanol–water partition coefficient (Wildman–Crippen LogP) is 4.74. The molecule has 0 fully saturated rings. The van der Waals surface area contributed by atoms with Crippen LogP contribution in [0.2, 0.25) is 0 Å². The number of aryl methyl sites for hydroxylation is 2. The van der Waals surface area contributed by atoms with Crippen LogP contribution < -0.4 is 4.74 Å². The zero-order chi connectivity index (χ0) is 15.6. The first-order valence-corrected chi connectivity index (χ1v) is 7.89. The minimum absolute atomic E-state index is 0.0374. The van der Waals surface area contributed by atoms with Crippen molar-refractivity contribution in [2.75, 3.05) is 7.11 Å². The zero-order valence-corrected chi connectivity index (χ0v) is 14.3. The molecule has 1 heterocycles. The summed E-state index contributed by atoms with van der Waals surface area (Å²) in [7, 11) is 1.49. The van der Waals surface area contributed by atoms with Crippen molar-refractivity contribution < 1.29 is 14.6 Å². The van der Waals surface area contributed by atoms with Gasteiger partial charge in [-0.15, -0.1) is 11.3 Å². The van der Waals surface area contributed by atoms with Gasteiger partial charge < -0.3 is 9.84 Å². The van der Waals surface area contributed by atoms with E-state index in [1.807, 2.05) is 19.9 Å². The Morgan fingerprint density at radius 3 is 2.62 bits per heavy atom. The van der Waals surface area contributed by atoms with E-state index in [4.69, 9.17) is 4.74 Å². The summed E-state index contributed by atoms with van der Waals surface area (Å²) in [5.74, 6) is 0.379. The van der Waals surface area contributed by atoms with Crippen molar-refractivity contribution in [3.8, 4) is 11.5 Å². The average molecular weight is 367 g/mol. The molecule has 0 amide bonds. The Bertz CT molecular complexity index is 717. The Kier molecular flexibility index (Phi) is 4.85. The standard InChI is InChI=1S/C16H15BrO3S/c1-9-6-12(10(2)21-9)14(18)5-4-11-7-15(19)16(20-3)8-13(11)17/h4-8,19H,1-3H3/b5-4+. The molecule has 0 saturated carbocycles. The Morgan fingerprint density at radius 1 is 1.33 bits per heavy atom. The Balaban J connectivity index is 2.27. The lowest BCUT2D eigenvalue weighted by Crippen LogP contribution is -1.93. The second-order valence-corrected chi connectivity index (χ2v) is 6.88. The van der Waals surface area contributed by atoms with Crippen LogP contribution in [0.25, 0.3) is 6.08 Å². The van der Waals surface area contributed by atoms with E-state index in [-0.39, 0.29) is 11.5 Å². The number of hydrogen-bond donors (Lipinski definition) is 1. The molecule has 3 nitrogen and oxygen atoms in total. The second kappa shape index (κ2) is 6.45. The summed E-state index contributed by atoms with van der Waals surface area (Å²) in [5.41, 5.74) is 1.44. The maximum Gasteiger partial charge on any atom is 0.186 e. The molecule has 0 aliphatic carbocycles. The molecule has 0 aliphatic heterocycles. The van der Waals surface area contributed by atoms with Crippen molar-refractivity contribution in [2.24, 2.45) is 0 Å². The molecule has 0 radical (unpaired) electrons. The van der Waals surface area contributed by atoms with E-state index in [0.29, 0.717) is 11.3 Å². The Labute approximate surface area is 136 Å². The third-order valence-electron chi connectivity index (χ3n) is 3.02. The Morgan fingerprint density at radius 2 is 2.05 bits per heavy atom. The highest BCUT2D eigenvalue weighted by molar-refractivity contribution is 9.10. The molecule has 1 aromatic heterocycles. The summed E-state index contributed by atoms with van der Waals surface area (Å²) in [6, 6.07) is 5.12. The molecule has 2 aromatic rings. The normalized spacial score (nSPS) is 11.0. The van der Waals surface area contributed by atoms with Crippen molar-refractivity contribution in [3.05, 3.63) is 49.6 Å². The monoisotopic (exact) mass is 366 g/mol. The van der Waals surface area contributed by atoms with Crippen LogP contribution >= 0.6 is 27.3 Å². The highest BCUT2D eigenvalue weighted by Crippen LogP contribution is 2.33. The van der Waals surface area contributed by atoms with Gasteiger partial charge in [-0.25, -0.2) is 0 Å². The number of ketones is 1. The third-order valence-corrected chi connectivity index (χ3v) is 4.67. The molecule has 110 valence electrons. The number of carbonyl (C=O) groups excluding carboxylic acids is 1. The fourth-order valence-electron chi connectivity index (χ4n) is 1.98. The van der Waals surface area contributed by atoms with E-state index in [1.54, 1.807) is 29.5 Å². The quantitative estimate of drug-likeness (QED) is 0.627. The minimum atomic E-state index is -0.0425. The number of hydrogen-bond acceptors (Lipinski definition) is 4. The van der Waals surface area contributed by atoms with Crippen molar-refractivity contribution in [2.45, 2.75) is 13.8 Å². The number of methoxy groups -OCH3 is 1. The number of phenolic OH excluding ortho intramolecular Hbond substituents is 1. The van der Waals surface area contributed by atoms with Crippen LogP contribution in [0.5, 0.6) is 11.5 Å². The van der Waals surface area contributed by atoms with Crippen molar-refractivity contribution >= 4 is 39.1 Å². The summed E-state index contributed by atoms with van der Waals surface area (Å²) in [6.45, 7) is 3.92. The van der Waals surface area contributed by atoms with E-state index in [2.05, 4.69) is 15.9 Å². The first-order valence-electron chi connectivity index (χ1n) is 6.28. The summed E-state index contributed by atoms with van der Waals surface area (Å²) in [4.78, 5) is 14.3. The lowest BCUT2D eigenvalue weighted by atomic mass is 10.1. The van der Waals surface area contributed by atoms with Gasteiger partial charge in [0.25, 0.3) is 0 Å². The van der Waals surface area contributed by atoms with Gasteiger partial charge in [0.05, 0.1) is 7.11 Å². The van der Waals surface area contributed by atoms with E-state index in [9.17, 15) is 9.90 Å². The fourth-order valence-corrected chi connectivity index (χ4v) is 3.37. The molecule has 0 bridgehead atoms. The van der Waals surface area contributed by atoms with Crippen LogP contribution in [-0.2, 0) is 0 Å². The topological polar surface area (TPSA) is 46.5 Å². The number of aromatic hydroxyl groups is 1. The first kappa shape index (κ1) is 15.8. The number of phenols is 1. The minimum Gasteiger partial charge on any atom is -0.504 e. The van der Waals surface area contributed by atoms with Gasteiger partial charge in [-0.2, -0.15) is 0 Å². The molecule has 1 N–H and O–H groups in total. The fraction of sp³-hybridized carbons (Fsp3) is 0.188. The van der Waals surface area contributed by atoms with Gasteiger partial charge in [-0.3, -0.25) is 4.79 Å². The largest absolute Gasteiger partial charge is 0.504 e. The molecule has 1 aromatic carbocycles. The lowest BCUT2D eigenvalue weighted by Gasteiger charge is -2.06. The van der Waals surface area contributed by atoms with Crippen molar-refractivity contribution in [1.29, 1.82) is 0 Å². The van der Waals surface area contributed by atoms with Gasteiger partial charge in [-0.05, 0) is 49.8 Å². The average Bonchev–Trinajstić information content (AvgIpc) is 2.78. The van der Waals surface area contributed by atoms with Gasteiger partial charge >= 0.3 is 0 Å². The second-order valence-electron chi connectivity index (χ2n) is 4.57. The number of carbonyl (C=O) groups is 1. The third kappa shape index (κ3) is 3.54. The van der Waals surface area contributed by atoms with Gasteiger partial charge in [-0.1, -0.05) is 15.9 Å². The molecule has 5 heteroatoms. The van der Waals surface area contributed by atoms with Crippen LogP contribution in [0.4, 0.5) is 0 Å².